The van der Waals surface area contributed by atoms with E-state index in [-0.39, 0.29) is 0 Å². The van der Waals surface area contributed by atoms with Gasteiger partial charge in [0.1, 0.15) is 6.17 Å². The van der Waals surface area contributed by atoms with Crippen LogP contribution in [0, 0.1) is 0 Å². The minimum atomic E-state index is -0.764. The van der Waals surface area contributed by atoms with Crippen LogP contribution in [-0.4, -0.2) is 44.5 Å². The molecule has 2 aromatic heterocycles. The van der Waals surface area contributed by atoms with Crippen LogP contribution < -0.4 is 4.90 Å². The number of anilines is 1. The van der Waals surface area contributed by atoms with E-state index in [1.807, 2.05) is 11.0 Å². The van der Waals surface area contributed by atoms with Crippen molar-refractivity contribution in [2.45, 2.75) is 19.0 Å². The number of halogens is 1. The first kappa shape index (κ1) is 9.44. The van der Waals surface area contributed by atoms with Crippen molar-refractivity contribution in [3.8, 4) is 0 Å². The van der Waals surface area contributed by atoms with Gasteiger partial charge in [0.05, 0.1) is 6.54 Å². The molecule has 3 heterocycles. The summed E-state index contributed by atoms with van der Waals surface area (Å²) in [7, 11) is 0. The van der Waals surface area contributed by atoms with Crippen LogP contribution in [0.1, 0.15) is 12.8 Å². The third-order valence-corrected chi connectivity index (χ3v) is 2.74. The summed E-state index contributed by atoms with van der Waals surface area (Å²) in [5, 5.41) is 15.2. The molecule has 7 heteroatoms. The van der Waals surface area contributed by atoms with Crippen molar-refractivity contribution < 1.29 is 4.39 Å². The van der Waals surface area contributed by atoms with E-state index in [0.29, 0.717) is 18.6 Å². The normalized spacial score (nSPS) is 21.6. The first-order valence-electron chi connectivity index (χ1n) is 5.27. The Morgan fingerprint density at radius 3 is 3.19 bits per heavy atom. The van der Waals surface area contributed by atoms with E-state index in [2.05, 4.69) is 20.6 Å². The molecule has 0 N–H and O–H groups in total. The number of piperidine rings is 1. The zero-order valence-corrected chi connectivity index (χ0v) is 8.62. The smallest absolute Gasteiger partial charge is 0.200 e. The van der Waals surface area contributed by atoms with Gasteiger partial charge in [0.2, 0.25) is 0 Å². The lowest BCUT2D eigenvalue weighted by Gasteiger charge is -2.29. The lowest BCUT2D eigenvalue weighted by molar-refractivity contribution is 0.285. The van der Waals surface area contributed by atoms with E-state index in [0.717, 1.165) is 18.8 Å². The molecule has 1 saturated heterocycles. The van der Waals surface area contributed by atoms with Gasteiger partial charge in [-0.3, -0.25) is 0 Å². The van der Waals surface area contributed by atoms with Gasteiger partial charge < -0.3 is 4.90 Å². The summed E-state index contributed by atoms with van der Waals surface area (Å²) >= 11 is 0. The van der Waals surface area contributed by atoms with Crippen molar-refractivity contribution in [2.24, 2.45) is 0 Å². The second-order valence-corrected chi connectivity index (χ2v) is 3.90. The molecule has 0 aromatic carbocycles. The molecule has 1 fully saturated rings. The number of hydrogen-bond donors (Lipinski definition) is 0. The number of hydrogen-bond acceptors (Lipinski definition) is 5. The highest BCUT2D eigenvalue weighted by molar-refractivity contribution is 5.44. The molecule has 1 aliphatic heterocycles. The predicted octanol–water partition coefficient (Wildman–Crippen LogP) is 0.458. The lowest BCUT2D eigenvalue weighted by Crippen LogP contribution is -2.37. The number of aromatic nitrogens is 5. The highest BCUT2D eigenvalue weighted by atomic mass is 19.1. The van der Waals surface area contributed by atoms with Crippen molar-refractivity contribution in [3.05, 3.63) is 12.1 Å². The Bertz CT molecular complexity index is 497. The average molecular weight is 222 g/mol. The van der Waals surface area contributed by atoms with Crippen LogP contribution in [0.25, 0.3) is 5.65 Å². The van der Waals surface area contributed by atoms with Gasteiger partial charge in [-0.2, -0.15) is 0 Å². The van der Waals surface area contributed by atoms with Crippen LogP contribution in [0.3, 0.4) is 0 Å². The molecule has 0 spiro atoms. The molecule has 0 saturated carbocycles. The van der Waals surface area contributed by atoms with Gasteiger partial charge >= 0.3 is 0 Å². The average Bonchev–Trinajstić information content (AvgIpc) is 2.75. The van der Waals surface area contributed by atoms with Gasteiger partial charge in [-0.25, -0.2) is 4.39 Å². The molecular formula is C9H11FN6. The first-order valence-corrected chi connectivity index (χ1v) is 5.27. The van der Waals surface area contributed by atoms with Gasteiger partial charge in [-0.05, 0) is 35.4 Å². The maximum Gasteiger partial charge on any atom is 0.200 e. The Balaban J connectivity index is 1.92. The number of rotatable bonds is 1. The maximum atomic E-state index is 13.3. The molecule has 6 nitrogen and oxygen atoms in total. The lowest BCUT2D eigenvalue weighted by atomic mass is 10.1. The summed E-state index contributed by atoms with van der Waals surface area (Å²) in [6.45, 7) is 1.24. The quantitative estimate of drug-likeness (QED) is 0.701. The standard InChI is InChI=1S/C9H11FN6/c10-7-2-1-5-15(6-7)9-4-3-8-11-13-14-16(8)12-9/h3-4,7H,1-2,5-6H2. The number of fused-ring (bicyclic) bond motifs is 1. The largest absolute Gasteiger partial charge is 0.352 e. The van der Waals surface area contributed by atoms with Crippen molar-refractivity contribution in [1.82, 2.24) is 25.3 Å². The van der Waals surface area contributed by atoms with Crippen molar-refractivity contribution in [1.29, 1.82) is 0 Å². The molecule has 1 unspecified atom stereocenters. The molecule has 2 aromatic rings. The van der Waals surface area contributed by atoms with Crippen molar-refractivity contribution >= 4 is 11.5 Å². The van der Waals surface area contributed by atoms with Crippen molar-refractivity contribution in [2.75, 3.05) is 18.0 Å². The van der Waals surface area contributed by atoms with E-state index < -0.39 is 6.17 Å². The molecule has 1 atom stereocenters. The summed E-state index contributed by atoms with van der Waals surface area (Å²) in [6.07, 6.45) is 0.736. The Morgan fingerprint density at radius 1 is 1.38 bits per heavy atom. The predicted molar refractivity (Wildman–Crippen MR) is 54.9 cm³/mol. The van der Waals surface area contributed by atoms with Gasteiger partial charge in [-0.15, -0.1) is 14.8 Å². The summed E-state index contributed by atoms with van der Waals surface area (Å²) in [6, 6.07) is 3.61. The molecule has 0 aliphatic carbocycles. The number of tetrazole rings is 1. The number of nitrogens with zero attached hydrogens (tertiary/aromatic N) is 6. The van der Waals surface area contributed by atoms with Crippen LogP contribution in [0.15, 0.2) is 12.1 Å². The van der Waals surface area contributed by atoms with Gasteiger partial charge in [-0.1, -0.05) is 0 Å². The van der Waals surface area contributed by atoms with Crippen LogP contribution >= 0.6 is 0 Å². The van der Waals surface area contributed by atoms with Crippen molar-refractivity contribution in [3.63, 3.8) is 0 Å². The zero-order valence-electron chi connectivity index (χ0n) is 8.62. The Kier molecular flexibility index (Phi) is 2.16. The second-order valence-electron chi connectivity index (χ2n) is 3.90. The van der Waals surface area contributed by atoms with E-state index >= 15 is 0 Å². The molecule has 84 valence electrons. The molecule has 16 heavy (non-hydrogen) atoms. The zero-order chi connectivity index (χ0) is 11.0. The van der Waals surface area contributed by atoms with E-state index in [1.165, 1.54) is 4.63 Å². The fourth-order valence-electron chi connectivity index (χ4n) is 1.94. The monoisotopic (exact) mass is 222 g/mol. The van der Waals surface area contributed by atoms with E-state index in [4.69, 9.17) is 0 Å². The Morgan fingerprint density at radius 2 is 2.31 bits per heavy atom. The minimum absolute atomic E-state index is 0.403. The second kappa shape index (κ2) is 3.66. The maximum absolute atomic E-state index is 13.3. The van der Waals surface area contributed by atoms with Gasteiger partial charge in [0.15, 0.2) is 11.5 Å². The van der Waals surface area contributed by atoms with Crippen LogP contribution in [0.2, 0.25) is 0 Å². The molecule has 3 rings (SSSR count). The minimum Gasteiger partial charge on any atom is -0.352 e. The molecule has 0 radical (unpaired) electrons. The fourth-order valence-corrected chi connectivity index (χ4v) is 1.94. The summed E-state index contributed by atoms with van der Waals surface area (Å²) < 4.78 is 14.6. The fraction of sp³-hybridized carbons (Fsp3) is 0.556. The SMILES string of the molecule is FC1CCCN(c2ccc3nnnn3n2)C1. The van der Waals surface area contributed by atoms with E-state index in [9.17, 15) is 4.39 Å². The van der Waals surface area contributed by atoms with Gasteiger partial charge in [0.25, 0.3) is 0 Å². The highest BCUT2D eigenvalue weighted by Gasteiger charge is 2.20. The molecule has 1 aliphatic rings. The van der Waals surface area contributed by atoms with Crippen LogP contribution in [0.4, 0.5) is 10.2 Å². The van der Waals surface area contributed by atoms with Crippen LogP contribution in [0.5, 0.6) is 0 Å². The Labute approximate surface area is 91.0 Å². The summed E-state index contributed by atoms with van der Waals surface area (Å²) in [5.74, 6) is 0.724. The Hall–Kier alpha value is -1.79. The molecule has 0 amide bonds. The summed E-state index contributed by atoms with van der Waals surface area (Å²) in [4.78, 5) is 1.93. The van der Waals surface area contributed by atoms with E-state index in [1.54, 1.807) is 6.07 Å². The highest BCUT2D eigenvalue weighted by Crippen LogP contribution is 2.19. The summed E-state index contributed by atoms with van der Waals surface area (Å²) in [5.41, 5.74) is 0.595. The third kappa shape index (κ3) is 1.58. The number of alkyl halides is 1. The molecule has 0 bridgehead atoms. The van der Waals surface area contributed by atoms with Crippen LogP contribution in [-0.2, 0) is 0 Å². The molecular weight excluding hydrogens is 211 g/mol. The topological polar surface area (TPSA) is 59.2 Å². The first-order chi connectivity index (χ1) is 7.83. The third-order valence-electron chi connectivity index (χ3n) is 2.74. The van der Waals surface area contributed by atoms with Gasteiger partial charge in [0, 0.05) is 6.54 Å².